The molecule has 22 heavy (non-hydrogen) atoms. The molecule has 0 fully saturated rings. The van der Waals surface area contributed by atoms with Crippen LogP contribution in [0, 0.1) is 5.92 Å². The summed E-state index contributed by atoms with van der Waals surface area (Å²) in [5, 5.41) is 17.1. The summed E-state index contributed by atoms with van der Waals surface area (Å²) in [4.78, 5) is 12.3. The molecule has 0 radical (unpaired) electrons. The van der Waals surface area contributed by atoms with Crippen LogP contribution in [0.25, 0.3) is 5.69 Å². The topological polar surface area (TPSA) is 67.2 Å². The molecule has 2 rings (SSSR count). The van der Waals surface area contributed by atoms with E-state index in [2.05, 4.69) is 10.4 Å². The molecule has 0 aliphatic rings. The summed E-state index contributed by atoms with van der Waals surface area (Å²) in [5.41, 5.74) is 0.546. The van der Waals surface area contributed by atoms with Crippen molar-refractivity contribution in [1.82, 2.24) is 9.78 Å². The molecular weight excluding hydrogens is 325 g/mol. The Labute approximate surface area is 138 Å². The summed E-state index contributed by atoms with van der Waals surface area (Å²) in [5.74, 6) is 0.180. The van der Waals surface area contributed by atoms with Gasteiger partial charge in [-0.3, -0.25) is 4.79 Å². The van der Waals surface area contributed by atoms with Crippen LogP contribution in [0.15, 0.2) is 35.3 Å². The summed E-state index contributed by atoms with van der Waals surface area (Å²) in [6, 6.07) is 6.51. The van der Waals surface area contributed by atoms with Gasteiger partial charge < -0.3 is 10.4 Å². The largest absolute Gasteiger partial charge is 0.394 e. The zero-order valence-corrected chi connectivity index (χ0v) is 13.8. The zero-order valence-electron chi connectivity index (χ0n) is 12.3. The van der Waals surface area contributed by atoms with Crippen molar-refractivity contribution < 1.29 is 5.11 Å². The normalized spacial score (nSPS) is 12.5. The van der Waals surface area contributed by atoms with Crippen molar-refractivity contribution in [2.75, 3.05) is 11.9 Å². The van der Waals surface area contributed by atoms with Gasteiger partial charge in [-0.15, -0.1) is 0 Å². The third kappa shape index (κ3) is 3.61. The average Bonchev–Trinajstić information content (AvgIpc) is 2.49. The highest BCUT2D eigenvalue weighted by Crippen LogP contribution is 2.20. The molecule has 2 aromatic rings. The summed E-state index contributed by atoms with van der Waals surface area (Å²) in [6.45, 7) is 3.86. The van der Waals surface area contributed by atoms with Crippen molar-refractivity contribution >= 4 is 28.9 Å². The third-order valence-corrected chi connectivity index (χ3v) is 3.95. The second kappa shape index (κ2) is 7.13. The average molecular weight is 342 g/mol. The number of aliphatic hydroxyl groups excluding tert-OH is 1. The molecule has 7 heteroatoms. The highest BCUT2D eigenvalue weighted by atomic mass is 35.5. The number of rotatable bonds is 5. The van der Waals surface area contributed by atoms with Crippen molar-refractivity contribution in [1.29, 1.82) is 0 Å². The molecule has 5 nitrogen and oxygen atoms in total. The van der Waals surface area contributed by atoms with E-state index in [1.54, 1.807) is 24.3 Å². The number of anilines is 1. The first-order valence-electron chi connectivity index (χ1n) is 6.85. The Morgan fingerprint density at radius 2 is 1.91 bits per heavy atom. The molecule has 1 atom stereocenters. The van der Waals surface area contributed by atoms with E-state index in [0.717, 1.165) is 0 Å². The number of halogens is 2. The second-order valence-electron chi connectivity index (χ2n) is 5.24. The summed E-state index contributed by atoms with van der Waals surface area (Å²) >= 11 is 12.0. The smallest absolute Gasteiger partial charge is 0.292 e. The first-order valence-corrected chi connectivity index (χ1v) is 7.60. The lowest BCUT2D eigenvalue weighted by atomic mass is 10.1. The van der Waals surface area contributed by atoms with Crippen LogP contribution in [-0.2, 0) is 0 Å². The van der Waals surface area contributed by atoms with Crippen molar-refractivity contribution in [3.63, 3.8) is 0 Å². The first-order chi connectivity index (χ1) is 10.4. The maximum atomic E-state index is 12.3. The standard InChI is InChI=1S/C15H17Cl2N3O2/c1-9(2)13(8-21)19-12-7-18-20(15(22)14(12)17)11-5-3-10(16)4-6-11/h3-7,9,13,19,21H,8H2,1-2H3/t13-/m1/s1. The molecular formula is C15H17Cl2N3O2. The Balaban J connectivity index is 2.37. The summed E-state index contributed by atoms with van der Waals surface area (Å²) in [7, 11) is 0. The highest BCUT2D eigenvalue weighted by molar-refractivity contribution is 6.33. The van der Waals surface area contributed by atoms with Crippen molar-refractivity contribution in [2.45, 2.75) is 19.9 Å². The van der Waals surface area contributed by atoms with Gasteiger partial charge in [0.1, 0.15) is 5.02 Å². The fourth-order valence-corrected chi connectivity index (χ4v) is 2.23. The van der Waals surface area contributed by atoms with Gasteiger partial charge in [0.05, 0.1) is 30.2 Å². The van der Waals surface area contributed by atoms with Crippen LogP contribution in [-0.4, -0.2) is 27.5 Å². The van der Waals surface area contributed by atoms with E-state index in [1.165, 1.54) is 10.9 Å². The van der Waals surface area contributed by atoms with Crippen LogP contribution >= 0.6 is 23.2 Å². The maximum absolute atomic E-state index is 12.3. The molecule has 1 aromatic carbocycles. The lowest BCUT2D eigenvalue weighted by Crippen LogP contribution is -2.31. The SMILES string of the molecule is CC(C)[C@@H](CO)Nc1cnn(-c2ccc(Cl)cc2)c(=O)c1Cl. The number of hydrogen-bond acceptors (Lipinski definition) is 4. The predicted octanol–water partition coefficient (Wildman–Crippen LogP) is 2.97. The molecule has 0 spiro atoms. The van der Waals surface area contributed by atoms with Gasteiger partial charge >= 0.3 is 0 Å². The molecule has 0 bridgehead atoms. The Morgan fingerprint density at radius 3 is 2.45 bits per heavy atom. The van der Waals surface area contributed by atoms with Crippen LogP contribution in [0.1, 0.15) is 13.8 Å². The number of aromatic nitrogens is 2. The number of nitrogens with one attached hydrogen (secondary N) is 1. The third-order valence-electron chi connectivity index (χ3n) is 3.33. The van der Waals surface area contributed by atoms with E-state index >= 15 is 0 Å². The fourth-order valence-electron chi connectivity index (χ4n) is 1.92. The van der Waals surface area contributed by atoms with E-state index in [-0.39, 0.29) is 23.6 Å². The molecule has 0 amide bonds. The molecule has 0 saturated carbocycles. The van der Waals surface area contributed by atoms with E-state index in [9.17, 15) is 9.90 Å². The van der Waals surface area contributed by atoms with Crippen LogP contribution in [0.2, 0.25) is 10.0 Å². The molecule has 2 N–H and O–H groups in total. The van der Waals surface area contributed by atoms with Gasteiger partial charge in [-0.1, -0.05) is 37.0 Å². The van der Waals surface area contributed by atoms with Crippen LogP contribution < -0.4 is 10.9 Å². The molecule has 1 aromatic heterocycles. The molecule has 0 saturated heterocycles. The minimum absolute atomic E-state index is 0.0315. The Morgan fingerprint density at radius 1 is 1.27 bits per heavy atom. The van der Waals surface area contributed by atoms with Crippen molar-refractivity contribution in [3.8, 4) is 5.69 Å². The van der Waals surface area contributed by atoms with Gasteiger partial charge in [0.2, 0.25) is 0 Å². The number of benzene rings is 1. The minimum Gasteiger partial charge on any atom is -0.394 e. The van der Waals surface area contributed by atoms with Gasteiger partial charge in [0, 0.05) is 5.02 Å². The van der Waals surface area contributed by atoms with Crippen LogP contribution in [0.4, 0.5) is 5.69 Å². The zero-order chi connectivity index (χ0) is 16.3. The van der Waals surface area contributed by atoms with Gasteiger partial charge in [0.25, 0.3) is 5.56 Å². The van der Waals surface area contributed by atoms with Gasteiger partial charge in [-0.25, -0.2) is 0 Å². The van der Waals surface area contributed by atoms with E-state index in [1.807, 2.05) is 13.8 Å². The van der Waals surface area contributed by atoms with E-state index in [0.29, 0.717) is 16.4 Å². The second-order valence-corrected chi connectivity index (χ2v) is 6.06. The first kappa shape index (κ1) is 16.8. The predicted molar refractivity (Wildman–Crippen MR) is 89.2 cm³/mol. The van der Waals surface area contributed by atoms with E-state index in [4.69, 9.17) is 23.2 Å². The monoisotopic (exact) mass is 341 g/mol. The Hall–Kier alpha value is -1.56. The minimum atomic E-state index is -0.436. The Bertz CT molecular complexity index is 699. The molecule has 1 heterocycles. The molecule has 0 unspecified atom stereocenters. The number of aliphatic hydroxyl groups is 1. The van der Waals surface area contributed by atoms with Gasteiger partial charge in [-0.2, -0.15) is 9.78 Å². The fraction of sp³-hybridized carbons (Fsp3) is 0.333. The van der Waals surface area contributed by atoms with E-state index < -0.39 is 5.56 Å². The number of hydrogen-bond donors (Lipinski definition) is 2. The lowest BCUT2D eigenvalue weighted by Gasteiger charge is -2.21. The van der Waals surface area contributed by atoms with Gasteiger partial charge in [-0.05, 0) is 30.2 Å². The van der Waals surface area contributed by atoms with Crippen LogP contribution in [0.3, 0.4) is 0 Å². The molecule has 0 aliphatic carbocycles. The van der Waals surface area contributed by atoms with Crippen LogP contribution in [0.5, 0.6) is 0 Å². The van der Waals surface area contributed by atoms with Gasteiger partial charge in [0.15, 0.2) is 0 Å². The van der Waals surface area contributed by atoms with Crippen molar-refractivity contribution in [3.05, 3.63) is 50.9 Å². The summed E-state index contributed by atoms with van der Waals surface area (Å²) in [6.07, 6.45) is 1.48. The molecule has 118 valence electrons. The quantitative estimate of drug-likeness (QED) is 0.877. The Kier molecular flexibility index (Phi) is 5.45. The lowest BCUT2D eigenvalue weighted by molar-refractivity contribution is 0.249. The van der Waals surface area contributed by atoms with Crippen molar-refractivity contribution in [2.24, 2.45) is 5.92 Å². The number of nitrogens with zero attached hydrogens (tertiary/aromatic N) is 2. The molecule has 0 aliphatic heterocycles. The maximum Gasteiger partial charge on any atom is 0.292 e. The highest BCUT2D eigenvalue weighted by Gasteiger charge is 2.16. The summed E-state index contributed by atoms with van der Waals surface area (Å²) < 4.78 is 1.20.